The molecule has 0 aliphatic carbocycles. The molecule has 0 aliphatic heterocycles. The fourth-order valence-electron chi connectivity index (χ4n) is 0.220. The number of nitrogens with zero attached hydrogens (tertiary/aromatic N) is 2. The van der Waals surface area contributed by atoms with Crippen LogP contribution in [0.4, 0.5) is 5.13 Å². The summed E-state index contributed by atoms with van der Waals surface area (Å²) in [7, 11) is 0. The van der Waals surface area contributed by atoms with Crippen LogP contribution in [-0.2, 0) is 12.6 Å². The molecule has 0 amide bonds. The van der Waals surface area contributed by atoms with Gasteiger partial charge < -0.3 is 29.7 Å². The van der Waals surface area contributed by atoms with Gasteiger partial charge in [0, 0.05) is 0 Å². The number of nitrogen functional groups attached to an aromatic ring is 1. The molecule has 1 heterocycles. The molecule has 0 saturated heterocycles. The van der Waals surface area contributed by atoms with Crippen molar-refractivity contribution in [1.29, 1.82) is 0 Å². The third kappa shape index (κ3) is 2.23. The van der Waals surface area contributed by atoms with Gasteiger partial charge in [-0.15, -0.1) is 5.10 Å². The van der Waals surface area contributed by atoms with Crippen LogP contribution in [0.3, 0.4) is 0 Å². The molecule has 0 spiro atoms. The van der Waals surface area contributed by atoms with Crippen LogP contribution in [0.5, 0.6) is 0 Å². The monoisotopic (exact) mass is 155 g/mol. The summed E-state index contributed by atoms with van der Waals surface area (Å²) in [6, 6.07) is 0. The zero-order valence-corrected chi connectivity index (χ0v) is 7.92. The zero-order valence-electron chi connectivity index (χ0n) is 4.29. The van der Waals surface area contributed by atoms with E-state index in [1.165, 1.54) is 11.3 Å². The van der Waals surface area contributed by atoms with E-state index >= 15 is 0 Å². The van der Waals surface area contributed by atoms with Crippen LogP contribution in [0.1, 0.15) is 0 Å². The Morgan fingerprint density at radius 1 is 1.50 bits per heavy atom. The third-order valence-corrected chi connectivity index (χ3v) is 1.30. The van der Waals surface area contributed by atoms with Gasteiger partial charge in [0.1, 0.15) is 5.13 Å². The van der Waals surface area contributed by atoms with E-state index in [1.807, 2.05) is 0 Å². The van der Waals surface area contributed by atoms with Crippen LogP contribution in [0.25, 0.3) is 0 Å². The van der Waals surface area contributed by atoms with Crippen LogP contribution in [0.2, 0.25) is 0 Å². The largest absolute Gasteiger partial charge is 1.00 e. The van der Waals surface area contributed by atoms with E-state index in [2.05, 4.69) is 22.8 Å². The summed E-state index contributed by atoms with van der Waals surface area (Å²) in [4.78, 5) is 0. The Balaban J connectivity index is 0.000000490. The molecular formula is C2H2N3NaS2. The molecule has 0 bridgehead atoms. The standard InChI is InChI=1S/C2H3N3S2.Na/c3-1-4-5-2(6)7-1;/h(H2,3,4)(H,5,6);/q;+1/p-1. The molecule has 38 valence electrons. The van der Waals surface area contributed by atoms with E-state index in [4.69, 9.17) is 5.73 Å². The summed E-state index contributed by atoms with van der Waals surface area (Å²) in [5.41, 5.74) is 5.16. The van der Waals surface area contributed by atoms with Gasteiger partial charge in [-0.05, 0) is 4.34 Å². The van der Waals surface area contributed by atoms with Crippen LogP contribution in [-0.4, -0.2) is 10.2 Å². The molecule has 0 unspecified atom stereocenters. The molecule has 3 nitrogen and oxygen atoms in total. The SMILES string of the molecule is Nc1nnc([S-])s1.[Na+]. The van der Waals surface area contributed by atoms with Crippen LogP contribution < -0.4 is 35.3 Å². The first-order chi connectivity index (χ1) is 3.29. The normalized spacial score (nSPS) is 8.00. The summed E-state index contributed by atoms with van der Waals surface area (Å²) in [5, 5.41) is 7.37. The Bertz CT molecular complexity index is 148. The van der Waals surface area contributed by atoms with Gasteiger partial charge in [-0.3, -0.25) is 0 Å². The second-order valence-corrected chi connectivity index (χ2v) is 2.56. The molecule has 6 heteroatoms. The van der Waals surface area contributed by atoms with Crippen LogP contribution in [0, 0.1) is 0 Å². The smallest absolute Gasteiger partial charge is 0.406 e. The predicted octanol–water partition coefficient (Wildman–Crippen LogP) is -2.97. The molecule has 0 saturated carbocycles. The second kappa shape index (κ2) is 3.58. The first-order valence-corrected chi connectivity index (χ1v) is 2.77. The quantitative estimate of drug-likeness (QED) is 0.321. The second-order valence-electron chi connectivity index (χ2n) is 0.906. The van der Waals surface area contributed by atoms with Gasteiger partial charge in [-0.1, -0.05) is 0 Å². The van der Waals surface area contributed by atoms with Crippen molar-refractivity contribution < 1.29 is 29.6 Å². The van der Waals surface area contributed by atoms with E-state index in [0.29, 0.717) is 9.47 Å². The van der Waals surface area contributed by atoms with Gasteiger partial charge in [0.15, 0.2) is 0 Å². The Kier molecular flexibility index (Phi) is 3.84. The topological polar surface area (TPSA) is 51.8 Å². The van der Waals surface area contributed by atoms with Gasteiger partial charge in [0.2, 0.25) is 0 Å². The van der Waals surface area contributed by atoms with Gasteiger partial charge in [-0.2, -0.15) is 5.10 Å². The van der Waals surface area contributed by atoms with Crippen molar-refractivity contribution in [2.45, 2.75) is 4.34 Å². The Labute approximate surface area is 78.4 Å². The minimum Gasteiger partial charge on any atom is -0.406 e. The fraction of sp³-hybridized carbons (Fsp3) is 0. The van der Waals surface area contributed by atoms with E-state index < -0.39 is 0 Å². The maximum atomic E-state index is 5.16. The molecule has 0 aromatic carbocycles. The van der Waals surface area contributed by atoms with Gasteiger partial charge in [-0.25, -0.2) is 0 Å². The maximum absolute atomic E-state index is 5.16. The van der Waals surface area contributed by atoms with E-state index in [1.54, 1.807) is 0 Å². The third-order valence-electron chi connectivity index (χ3n) is 0.422. The van der Waals surface area contributed by atoms with Crippen molar-refractivity contribution in [3.63, 3.8) is 0 Å². The van der Waals surface area contributed by atoms with Crippen molar-refractivity contribution in [3.8, 4) is 0 Å². The Hall–Kier alpha value is 0.580. The summed E-state index contributed by atoms with van der Waals surface area (Å²) in [6.07, 6.45) is 0. The first-order valence-electron chi connectivity index (χ1n) is 1.55. The predicted molar refractivity (Wildman–Crippen MR) is 30.0 cm³/mol. The molecule has 0 fully saturated rings. The van der Waals surface area contributed by atoms with Crippen LogP contribution in [0.15, 0.2) is 4.34 Å². The van der Waals surface area contributed by atoms with Crippen molar-refractivity contribution in [1.82, 2.24) is 10.2 Å². The fourth-order valence-corrected chi connectivity index (χ4v) is 0.860. The average Bonchev–Trinajstić information content (AvgIpc) is 1.87. The molecule has 1 rings (SSSR count). The molecular weight excluding hydrogens is 153 g/mol. The van der Waals surface area contributed by atoms with Gasteiger partial charge in [0.05, 0.1) is 0 Å². The number of aromatic nitrogens is 2. The van der Waals surface area contributed by atoms with E-state index in [-0.39, 0.29) is 29.6 Å². The average molecular weight is 155 g/mol. The number of hydrogen-bond acceptors (Lipinski definition) is 5. The maximum Gasteiger partial charge on any atom is 1.00 e. The Morgan fingerprint density at radius 2 is 2.12 bits per heavy atom. The van der Waals surface area contributed by atoms with Crippen LogP contribution >= 0.6 is 11.3 Å². The van der Waals surface area contributed by atoms with E-state index in [9.17, 15) is 0 Å². The molecule has 1 aromatic heterocycles. The zero-order chi connectivity index (χ0) is 5.28. The van der Waals surface area contributed by atoms with E-state index in [0.717, 1.165) is 0 Å². The van der Waals surface area contributed by atoms with Crippen molar-refractivity contribution >= 4 is 29.1 Å². The van der Waals surface area contributed by atoms with Crippen molar-refractivity contribution in [3.05, 3.63) is 0 Å². The molecule has 1 aromatic rings. The minimum atomic E-state index is 0. The summed E-state index contributed by atoms with van der Waals surface area (Å²) < 4.78 is 0.498. The number of anilines is 1. The summed E-state index contributed by atoms with van der Waals surface area (Å²) >= 11 is 5.81. The van der Waals surface area contributed by atoms with Crippen molar-refractivity contribution in [2.24, 2.45) is 0 Å². The Morgan fingerprint density at radius 3 is 2.25 bits per heavy atom. The van der Waals surface area contributed by atoms with Gasteiger partial charge >= 0.3 is 29.6 Å². The van der Waals surface area contributed by atoms with Gasteiger partial charge in [0.25, 0.3) is 0 Å². The first kappa shape index (κ1) is 8.58. The molecule has 0 aliphatic rings. The number of hydrogen-bond donors (Lipinski definition) is 1. The molecule has 0 atom stereocenters. The summed E-state index contributed by atoms with van der Waals surface area (Å²) in [5.74, 6) is 0. The summed E-state index contributed by atoms with van der Waals surface area (Å²) in [6.45, 7) is 0. The van der Waals surface area contributed by atoms with Crippen molar-refractivity contribution in [2.75, 3.05) is 5.73 Å². The molecule has 2 N–H and O–H groups in total. The number of nitrogens with two attached hydrogens (primary N) is 1. The molecule has 0 radical (unpaired) electrons. The number of rotatable bonds is 0. The molecule has 8 heavy (non-hydrogen) atoms. The minimum absolute atomic E-state index is 0.